The van der Waals surface area contributed by atoms with Gasteiger partial charge in [0.25, 0.3) is 11.7 Å². The highest BCUT2D eigenvalue weighted by molar-refractivity contribution is 6.51. The summed E-state index contributed by atoms with van der Waals surface area (Å²) in [5.41, 5.74) is 2.46. The first kappa shape index (κ1) is 26.8. The predicted octanol–water partition coefficient (Wildman–Crippen LogP) is 6.06. The molecule has 1 fully saturated rings. The Hall–Kier alpha value is -4.26. The molecule has 0 radical (unpaired) electrons. The number of benzene rings is 3. The van der Waals surface area contributed by atoms with Crippen molar-refractivity contribution in [1.82, 2.24) is 0 Å². The molecule has 38 heavy (non-hydrogen) atoms. The van der Waals surface area contributed by atoms with Crippen molar-refractivity contribution in [3.63, 3.8) is 0 Å². The molecule has 198 valence electrons. The number of methoxy groups -OCH3 is 1. The Morgan fingerprint density at radius 3 is 2.42 bits per heavy atom. The normalized spacial score (nSPS) is 16.7. The number of hydrogen-bond donors (Lipinski definition) is 1. The molecule has 1 heterocycles. The van der Waals surface area contributed by atoms with Crippen LogP contribution in [0.1, 0.15) is 43.5 Å². The smallest absolute Gasteiger partial charge is 0.300 e. The van der Waals surface area contributed by atoms with Crippen LogP contribution in [0.15, 0.2) is 72.3 Å². The van der Waals surface area contributed by atoms with Crippen molar-refractivity contribution in [2.45, 2.75) is 33.7 Å². The molecule has 1 aliphatic rings. The van der Waals surface area contributed by atoms with Crippen molar-refractivity contribution in [2.75, 3.05) is 25.2 Å². The Morgan fingerprint density at radius 2 is 1.74 bits per heavy atom. The molecule has 1 aliphatic heterocycles. The van der Waals surface area contributed by atoms with Gasteiger partial charge in [0.15, 0.2) is 11.5 Å². The number of aryl methyl sites for hydroxylation is 1. The minimum Gasteiger partial charge on any atom is -0.507 e. The molecule has 1 saturated heterocycles. The standard InChI is InChI=1S/C31H33NO6/c1-6-37-25-14-13-21(17-26(25)36-5)28-27(29(33)22-10-8-12-24(16-22)38-18-19(2)3)30(34)31(35)32(28)23-11-7-9-20(4)15-23/h7-17,19,28,33H,6,18H2,1-5H3/b29-27-. The lowest BCUT2D eigenvalue weighted by atomic mass is 9.94. The molecular weight excluding hydrogens is 482 g/mol. The van der Waals surface area contributed by atoms with Crippen molar-refractivity contribution < 1.29 is 28.9 Å². The zero-order valence-corrected chi connectivity index (χ0v) is 22.4. The first-order valence-electron chi connectivity index (χ1n) is 12.7. The number of amides is 1. The monoisotopic (exact) mass is 515 g/mol. The van der Waals surface area contributed by atoms with Crippen LogP contribution in [0.3, 0.4) is 0 Å². The zero-order valence-electron chi connectivity index (χ0n) is 22.4. The number of Topliss-reactive ketones (excluding diaryl/α,β-unsaturated/α-hetero) is 1. The second-order valence-electron chi connectivity index (χ2n) is 9.58. The summed E-state index contributed by atoms with van der Waals surface area (Å²) in [4.78, 5) is 28.4. The number of carbonyl (C=O) groups excluding carboxylic acids is 2. The molecule has 4 rings (SSSR count). The van der Waals surface area contributed by atoms with Crippen LogP contribution in [0.5, 0.6) is 17.2 Å². The Morgan fingerprint density at radius 1 is 0.974 bits per heavy atom. The van der Waals surface area contributed by atoms with Gasteiger partial charge in [0, 0.05) is 11.3 Å². The van der Waals surface area contributed by atoms with E-state index in [2.05, 4.69) is 0 Å². The first-order valence-corrected chi connectivity index (χ1v) is 12.7. The highest BCUT2D eigenvalue weighted by atomic mass is 16.5. The van der Waals surface area contributed by atoms with Crippen LogP contribution in [-0.2, 0) is 9.59 Å². The van der Waals surface area contributed by atoms with Crippen molar-refractivity contribution in [3.8, 4) is 17.2 Å². The van der Waals surface area contributed by atoms with Crippen molar-refractivity contribution in [1.29, 1.82) is 0 Å². The number of rotatable bonds is 9. The third-order valence-electron chi connectivity index (χ3n) is 6.22. The fourth-order valence-electron chi connectivity index (χ4n) is 4.47. The lowest BCUT2D eigenvalue weighted by molar-refractivity contribution is -0.132. The average molecular weight is 516 g/mol. The van der Waals surface area contributed by atoms with Crippen LogP contribution in [0.2, 0.25) is 0 Å². The van der Waals surface area contributed by atoms with Gasteiger partial charge in [-0.3, -0.25) is 14.5 Å². The van der Waals surface area contributed by atoms with E-state index >= 15 is 0 Å². The number of carbonyl (C=O) groups is 2. The molecule has 0 aromatic heterocycles. The lowest BCUT2D eigenvalue weighted by Gasteiger charge is -2.26. The molecule has 1 unspecified atom stereocenters. The Kier molecular flexibility index (Phi) is 8.05. The van der Waals surface area contributed by atoms with Crippen LogP contribution in [-0.4, -0.2) is 37.1 Å². The van der Waals surface area contributed by atoms with Gasteiger partial charge in [-0.1, -0.05) is 44.2 Å². The number of anilines is 1. The second kappa shape index (κ2) is 11.4. The Balaban J connectivity index is 1.90. The molecule has 1 atom stereocenters. The van der Waals surface area contributed by atoms with Crippen molar-refractivity contribution >= 4 is 23.1 Å². The summed E-state index contributed by atoms with van der Waals surface area (Å²) in [6, 6.07) is 18.6. The summed E-state index contributed by atoms with van der Waals surface area (Å²) in [5.74, 6) is 0.130. The maximum Gasteiger partial charge on any atom is 0.300 e. The van der Waals surface area contributed by atoms with Gasteiger partial charge in [-0.2, -0.15) is 0 Å². The molecule has 1 N–H and O–H groups in total. The van der Waals surface area contributed by atoms with E-state index in [0.29, 0.717) is 53.2 Å². The molecule has 0 saturated carbocycles. The Labute approximate surface area is 223 Å². The maximum absolute atomic E-state index is 13.5. The molecule has 7 heteroatoms. The minimum absolute atomic E-state index is 0.0104. The number of ketones is 1. The SMILES string of the molecule is CCOc1ccc(C2/C(=C(/O)c3cccc(OCC(C)C)c3)C(=O)C(=O)N2c2cccc(C)c2)cc1OC. The maximum atomic E-state index is 13.5. The molecule has 3 aromatic rings. The van der Waals surface area contributed by atoms with Gasteiger partial charge in [-0.05, 0) is 67.3 Å². The number of nitrogens with zero attached hydrogens (tertiary/aromatic N) is 1. The summed E-state index contributed by atoms with van der Waals surface area (Å²) in [6.07, 6.45) is 0. The van der Waals surface area contributed by atoms with Gasteiger partial charge in [0.05, 0.1) is 31.9 Å². The highest BCUT2D eigenvalue weighted by Gasteiger charge is 2.47. The minimum atomic E-state index is -0.887. The fraction of sp³-hybridized carbons (Fsp3) is 0.290. The summed E-state index contributed by atoms with van der Waals surface area (Å²) in [5, 5.41) is 11.5. The number of hydrogen-bond acceptors (Lipinski definition) is 6. The van der Waals surface area contributed by atoms with Crippen molar-refractivity contribution in [3.05, 3.63) is 89.0 Å². The lowest BCUT2D eigenvalue weighted by Crippen LogP contribution is -2.29. The molecule has 0 aliphatic carbocycles. The Bertz CT molecular complexity index is 1380. The largest absolute Gasteiger partial charge is 0.507 e. The summed E-state index contributed by atoms with van der Waals surface area (Å²) in [7, 11) is 1.53. The predicted molar refractivity (Wildman–Crippen MR) is 147 cm³/mol. The fourth-order valence-corrected chi connectivity index (χ4v) is 4.47. The van der Waals surface area contributed by atoms with Crippen LogP contribution >= 0.6 is 0 Å². The van der Waals surface area contributed by atoms with Gasteiger partial charge in [0.2, 0.25) is 0 Å². The molecule has 7 nitrogen and oxygen atoms in total. The molecule has 0 spiro atoms. The van der Waals surface area contributed by atoms with E-state index in [1.165, 1.54) is 12.0 Å². The third-order valence-corrected chi connectivity index (χ3v) is 6.22. The molecule has 3 aromatic carbocycles. The third kappa shape index (κ3) is 5.37. The number of ether oxygens (including phenoxy) is 3. The van der Waals surface area contributed by atoms with Crippen molar-refractivity contribution in [2.24, 2.45) is 5.92 Å². The quantitative estimate of drug-likeness (QED) is 0.212. The molecular formula is C31H33NO6. The van der Waals surface area contributed by atoms with Crippen LogP contribution in [0, 0.1) is 12.8 Å². The zero-order chi connectivity index (χ0) is 27.4. The van der Waals surface area contributed by atoms with Crippen LogP contribution < -0.4 is 19.1 Å². The van der Waals surface area contributed by atoms with E-state index < -0.39 is 17.7 Å². The van der Waals surface area contributed by atoms with E-state index in [-0.39, 0.29) is 11.3 Å². The van der Waals surface area contributed by atoms with E-state index in [1.807, 2.05) is 45.9 Å². The van der Waals surface area contributed by atoms with Gasteiger partial charge in [-0.25, -0.2) is 0 Å². The summed E-state index contributed by atoms with van der Waals surface area (Å²) in [6.45, 7) is 8.83. The average Bonchev–Trinajstić information content (AvgIpc) is 3.17. The van der Waals surface area contributed by atoms with E-state index in [1.54, 1.807) is 48.5 Å². The second-order valence-corrected chi connectivity index (χ2v) is 9.58. The molecule has 0 bridgehead atoms. The number of aliphatic hydroxyl groups excluding tert-OH is 1. The van der Waals surface area contributed by atoms with Gasteiger partial charge in [0.1, 0.15) is 11.5 Å². The van der Waals surface area contributed by atoms with Gasteiger partial charge in [-0.15, -0.1) is 0 Å². The van der Waals surface area contributed by atoms with E-state index in [9.17, 15) is 14.7 Å². The van der Waals surface area contributed by atoms with E-state index in [0.717, 1.165) is 5.56 Å². The number of aliphatic hydroxyl groups is 1. The highest BCUT2D eigenvalue weighted by Crippen LogP contribution is 2.44. The van der Waals surface area contributed by atoms with Gasteiger partial charge < -0.3 is 19.3 Å². The van der Waals surface area contributed by atoms with Gasteiger partial charge >= 0.3 is 0 Å². The summed E-state index contributed by atoms with van der Waals surface area (Å²) >= 11 is 0. The molecule has 1 amide bonds. The first-order chi connectivity index (χ1) is 18.2. The summed E-state index contributed by atoms with van der Waals surface area (Å²) < 4.78 is 17.0. The van der Waals surface area contributed by atoms with Crippen LogP contribution in [0.4, 0.5) is 5.69 Å². The van der Waals surface area contributed by atoms with Crippen LogP contribution in [0.25, 0.3) is 5.76 Å². The topological polar surface area (TPSA) is 85.3 Å². The van der Waals surface area contributed by atoms with E-state index in [4.69, 9.17) is 14.2 Å².